The Morgan fingerprint density at radius 1 is 1.43 bits per heavy atom. The molecule has 0 spiro atoms. The summed E-state index contributed by atoms with van der Waals surface area (Å²) in [7, 11) is 2.14. The summed E-state index contributed by atoms with van der Waals surface area (Å²) in [4.78, 5) is 11.7. The lowest BCUT2D eigenvalue weighted by Crippen LogP contribution is -2.20. The maximum Gasteiger partial charge on any atom is 0.129 e. The topological polar surface area (TPSA) is 93.6 Å². The van der Waals surface area contributed by atoms with Crippen LogP contribution < -0.4 is 5.32 Å². The average Bonchev–Trinajstić information content (AvgIpc) is 3.30. The summed E-state index contributed by atoms with van der Waals surface area (Å²) in [5, 5.41) is 20.9. The van der Waals surface area contributed by atoms with E-state index in [2.05, 4.69) is 32.9 Å². The van der Waals surface area contributed by atoms with Crippen LogP contribution in [0.3, 0.4) is 0 Å². The van der Waals surface area contributed by atoms with E-state index in [-0.39, 0.29) is 0 Å². The number of likely N-dealkylation sites (tertiary alicyclic amines) is 1. The number of nitrogens with one attached hydrogen (secondary N) is 2. The number of nitriles is 1. The van der Waals surface area contributed by atoms with Crippen LogP contribution in [0.15, 0.2) is 36.2 Å². The fourth-order valence-electron chi connectivity index (χ4n) is 3.88. The molecule has 0 saturated carbocycles. The van der Waals surface area contributed by atoms with Gasteiger partial charge in [0.25, 0.3) is 0 Å². The highest BCUT2D eigenvalue weighted by molar-refractivity contribution is 6.02. The van der Waals surface area contributed by atoms with Crippen molar-refractivity contribution in [1.82, 2.24) is 24.8 Å². The molecule has 3 aromatic rings. The number of rotatable bonds is 5. The van der Waals surface area contributed by atoms with Crippen molar-refractivity contribution in [3.05, 3.63) is 47.6 Å². The van der Waals surface area contributed by atoms with Crippen molar-refractivity contribution in [1.29, 1.82) is 10.7 Å². The van der Waals surface area contributed by atoms with Crippen LogP contribution in [0.1, 0.15) is 30.8 Å². The first-order valence-corrected chi connectivity index (χ1v) is 9.39. The minimum absolute atomic E-state index is 0.330. The number of nitrogens with zero attached hydrogens (tertiary/aromatic N) is 5. The minimum atomic E-state index is 0.330. The summed E-state index contributed by atoms with van der Waals surface area (Å²) >= 11 is 0. The van der Waals surface area contributed by atoms with Gasteiger partial charge in [-0.3, -0.25) is 4.98 Å². The Morgan fingerprint density at radius 3 is 3.00 bits per heavy atom. The zero-order chi connectivity index (χ0) is 19.7. The number of benzene rings is 1. The number of aromatic nitrogens is 3. The molecule has 0 radical (unpaired) electrons. The van der Waals surface area contributed by atoms with E-state index in [4.69, 9.17) is 10.4 Å². The number of allylic oxidation sites excluding steroid dienone is 1. The molecular weight excluding hydrogens is 350 g/mol. The second-order valence-electron chi connectivity index (χ2n) is 7.35. The molecule has 1 aliphatic heterocycles. The summed E-state index contributed by atoms with van der Waals surface area (Å²) < 4.78 is 2.32. The Morgan fingerprint density at radius 2 is 2.29 bits per heavy atom. The second kappa shape index (κ2) is 7.41. The molecule has 1 fully saturated rings. The van der Waals surface area contributed by atoms with Crippen LogP contribution in [-0.2, 0) is 6.54 Å². The van der Waals surface area contributed by atoms with Gasteiger partial charge in [-0.2, -0.15) is 5.26 Å². The number of hydrogen-bond acceptors (Lipinski definition) is 6. The Kier molecular flexibility index (Phi) is 4.80. The standard InChI is InChI=1S/C21H23N7/c1-14(8-22)10-24-12-20-26-19-11-25-18-4-3-15(9-23)7-17(18)21(19)28(20)16-5-6-27(2)13-16/h3-4,7-8,10-11,16,22,24H,5-6,12-13H2,1-2H3/b14-10-,22-8?/t16-/m1/s1. The van der Waals surface area contributed by atoms with Gasteiger partial charge in [-0.25, -0.2) is 4.98 Å². The largest absolute Gasteiger partial charge is 0.383 e. The lowest BCUT2D eigenvalue weighted by Gasteiger charge is -2.18. The average molecular weight is 373 g/mol. The number of likely N-dealkylation sites (N-methyl/N-ethyl adjacent to an activating group) is 1. The van der Waals surface area contributed by atoms with Crippen LogP contribution in [0.5, 0.6) is 0 Å². The van der Waals surface area contributed by atoms with Crippen LogP contribution >= 0.6 is 0 Å². The second-order valence-corrected chi connectivity index (χ2v) is 7.35. The molecule has 3 heterocycles. The van der Waals surface area contributed by atoms with Crippen molar-refractivity contribution in [2.75, 3.05) is 20.1 Å². The van der Waals surface area contributed by atoms with Gasteiger partial charge in [-0.15, -0.1) is 0 Å². The Labute approximate surface area is 163 Å². The molecule has 7 nitrogen and oxygen atoms in total. The van der Waals surface area contributed by atoms with E-state index in [9.17, 15) is 5.26 Å². The van der Waals surface area contributed by atoms with E-state index in [1.807, 2.05) is 31.5 Å². The SMILES string of the molecule is C/C(C=N)=C/NCc1nc2cnc3ccc(C#N)cc3c2n1[C@@H]1CCN(C)C1. The molecule has 0 amide bonds. The lowest BCUT2D eigenvalue weighted by atomic mass is 10.1. The minimum Gasteiger partial charge on any atom is -0.383 e. The van der Waals surface area contributed by atoms with Gasteiger partial charge in [0.1, 0.15) is 11.3 Å². The van der Waals surface area contributed by atoms with Crippen LogP contribution in [0.25, 0.3) is 21.9 Å². The van der Waals surface area contributed by atoms with Crippen LogP contribution in [0.2, 0.25) is 0 Å². The highest BCUT2D eigenvalue weighted by Crippen LogP contribution is 2.32. The van der Waals surface area contributed by atoms with Crippen LogP contribution in [-0.4, -0.2) is 45.8 Å². The highest BCUT2D eigenvalue weighted by atomic mass is 15.2. The predicted molar refractivity (Wildman–Crippen MR) is 110 cm³/mol. The normalized spacial score (nSPS) is 17.9. The van der Waals surface area contributed by atoms with E-state index in [1.54, 1.807) is 6.07 Å². The van der Waals surface area contributed by atoms with Gasteiger partial charge in [-0.1, -0.05) is 0 Å². The van der Waals surface area contributed by atoms with Gasteiger partial charge >= 0.3 is 0 Å². The Bertz CT molecular complexity index is 1120. The fraction of sp³-hybridized carbons (Fsp3) is 0.333. The molecule has 0 aliphatic carbocycles. The third-order valence-electron chi connectivity index (χ3n) is 5.27. The molecule has 0 bridgehead atoms. The van der Waals surface area contributed by atoms with Crippen molar-refractivity contribution >= 4 is 28.2 Å². The third-order valence-corrected chi connectivity index (χ3v) is 5.27. The molecule has 4 rings (SSSR count). The predicted octanol–water partition coefficient (Wildman–Crippen LogP) is 2.98. The monoisotopic (exact) mass is 373 g/mol. The van der Waals surface area contributed by atoms with Gasteiger partial charge in [0.2, 0.25) is 0 Å². The lowest BCUT2D eigenvalue weighted by molar-refractivity contribution is 0.391. The van der Waals surface area contributed by atoms with Crippen LogP contribution in [0, 0.1) is 16.7 Å². The van der Waals surface area contributed by atoms with E-state index in [0.717, 1.165) is 52.8 Å². The smallest absolute Gasteiger partial charge is 0.129 e. The maximum atomic E-state index is 9.35. The van der Waals surface area contributed by atoms with Gasteiger partial charge in [0, 0.05) is 30.4 Å². The van der Waals surface area contributed by atoms with Gasteiger partial charge in [0.15, 0.2) is 0 Å². The highest BCUT2D eigenvalue weighted by Gasteiger charge is 2.26. The summed E-state index contributed by atoms with van der Waals surface area (Å²) in [6.45, 7) is 4.47. The van der Waals surface area contributed by atoms with E-state index >= 15 is 0 Å². The molecule has 2 N–H and O–H groups in total. The molecular formula is C21H23N7. The van der Waals surface area contributed by atoms with Crippen molar-refractivity contribution in [2.45, 2.75) is 25.9 Å². The summed E-state index contributed by atoms with van der Waals surface area (Å²) in [5.74, 6) is 0.945. The molecule has 2 aromatic heterocycles. The number of hydrogen-bond donors (Lipinski definition) is 2. The molecule has 7 heteroatoms. The fourth-order valence-corrected chi connectivity index (χ4v) is 3.88. The maximum absolute atomic E-state index is 9.35. The van der Waals surface area contributed by atoms with Crippen molar-refractivity contribution in [2.24, 2.45) is 0 Å². The van der Waals surface area contributed by atoms with E-state index in [0.29, 0.717) is 18.2 Å². The van der Waals surface area contributed by atoms with Gasteiger partial charge in [0.05, 0.1) is 35.4 Å². The summed E-state index contributed by atoms with van der Waals surface area (Å²) in [5.41, 5.74) is 4.25. The first kappa shape index (κ1) is 18.1. The van der Waals surface area contributed by atoms with E-state index in [1.165, 1.54) is 6.21 Å². The zero-order valence-corrected chi connectivity index (χ0v) is 16.1. The molecule has 1 atom stereocenters. The molecule has 142 valence electrons. The van der Waals surface area contributed by atoms with Crippen molar-refractivity contribution in [3.63, 3.8) is 0 Å². The van der Waals surface area contributed by atoms with Gasteiger partial charge < -0.3 is 20.2 Å². The summed E-state index contributed by atoms with van der Waals surface area (Å²) in [6.07, 6.45) is 6.04. The first-order valence-electron chi connectivity index (χ1n) is 9.39. The molecule has 1 aromatic carbocycles. The Hall–Kier alpha value is -3.24. The quantitative estimate of drug-likeness (QED) is 0.671. The molecule has 1 saturated heterocycles. The molecule has 1 aliphatic rings. The molecule has 28 heavy (non-hydrogen) atoms. The number of imidazole rings is 1. The Balaban J connectivity index is 1.89. The van der Waals surface area contributed by atoms with Gasteiger partial charge in [-0.05, 0) is 50.7 Å². The van der Waals surface area contributed by atoms with E-state index < -0.39 is 0 Å². The zero-order valence-electron chi connectivity index (χ0n) is 16.1. The summed E-state index contributed by atoms with van der Waals surface area (Å²) in [6, 6.07) is 8.18. The number of pyridine rings is 1. The third kappa shape index (κ3) is 3.23. The van der Waals surface area contributed by atoms with Crippen LogP contribution in [0.4, 0.5) is 0 Å². The van der Waals surface area contributed by atoms with Crippen molar-refractivity contribution in [3.8, 4) is 6.07 Å². The first-order chi connectivity index (χ1) is 13.6. The number of fused-ring (bicyclic) bond motifs is 3. The molecule has 0 unspecified atom stereocenters. The van der Waals surface area contributed by atoms with Crippen molar-refractivity contribution < 1.29 is 0 Å².